The molecule has 0 N–H and O–H groups in total. The van der Waals surface area contributed by atoms with Crippen LogP contribution in [0.5, 0.6) is 5.75 Å². The van der Waals surface area contributed by atoms with Crippen molar-refractivity contribution >= 4 is 34.0 Å². The maximum Gasteiger partial charge on any atom is 0.266 e. The maximum atomic E-state index is 13.3. The quantitative estimate of drug-likeness (QED) is 0.369. The second-order valence-electron chi connectivity index (χ2n) is 5.87. The van der Waals surface area contributed by atoms with Crippen LogP contribution in [0.15, 0.2) is 63.9 Å². The topological polar surface area (TPSA) is 57.0 Å². The van der Waals surface area contributed by atoms with E-state index in [0.717, 1.165) is 10.7 Å². The first kappa shape index (κ1) is 17.8. The maximum absolute atomic E-state index is 13.3. The molecule has 0 fully saturated rings. The Morgan fingerprint density at radius 1 is 1.11 bits per heavy atom. The van der Waals surface area contributed by atoms with Gasteiger partial charge in [0, 0.05) is 11.1 Å². The highest BCUT2D eigenvalue weighted by molar-refractivity contribution is 7.98. The van der Waals surface area contributed by atoms with Crippen molar-refractivity contribution in [3.05, 3.63) is 75.0 Å². The van der Waals surface area contributed by atoms with E-state index in [0.29, 0.717) is 33.2 Å². The molecule has 2 heterocycles. The number of thiazole rings is 1. The van der Waals surface area contributed by atoms with Crippen molar-refractivity contribution in [2.45, 2.75) is 17.8 Å². The molecule has 0 saturated heterocycles. The number of para-hydroxylation sites is 3. The zero-order valence-corrected chi connectivity index (χ0v) is 16.5. The molecule has 0 spiro atoms. The van der Waals surface area contributed by atoms with Gasteiger partial charge in [-0.3, -0.25) is 9.36 Å². The summed E-state index contributed by atoms with van der Waals surface area (Å²) in [6, 6.07) is 14.9. The second kappa shape index (κ2) is 7.54. The summed E-state index contributed by atoms with van der Waals surface area (Å²) < 4.78 is 7.11. The number of rotatable bonds is 5. The lowest BCUT2D eigenvalue weighted by molar-refractivity contribution is 0.411. The van der Waals surface area contributed by atoms with E-state index in [4.69, 9.17) is 9.72 Å². The van der Waals surface area contributed by atoms with E-state index in [1.165, 1.54) is 11.8 Å². The van der Waals surface area contributed by atoms with E-state index >= 15 is 0 Å². The number of fused-ring (bicyclic) bond motifs is 1. The van der Waals surface area contributed by atoms with Crippen LogP contribution in [0.4, 0.5) is 0 Å². The first-order valence-corrected chi connectivity index (χ1v) is 10.2. The van der Waals surface area contributed by atoms with Gasteiger partial charge in [0.1, 0.15) is 5.75 Å². The van der Waals surface area contributed by atoms with E-state index in [1.54, 1.807) is 29.1 Å². The minimum atomic E-state index is -0.109. The summed E-state index contributed by atoms with van der Waals surface area (Å²) in [6.07, 6.45) is 0. The Morgan fingerprint density at radius 2 is 1.89 bits per heavy atom. The Bertz CT molecular complexity index is 1170. The zero-order valence-electron chi connectivity index (χ0n) is 14.9. The SMILES string of the molecule is COc1ccccc1-n1c(SCc2csc(C)n2)nc2ccccc2c1=O. The molecule has 0 radical (unpaired) electrons. The van der Waals surface area contributed by atoms with Gasteiger partial charge in [-0.05, 0) is 31.2 Å². The number of hydrogen-bond acceptors (Lipinski definition) is 6. The van der Waals surface area contributed by atoms with Gasteiger partial charge >= 0.3 is 0 Å². The largest absolute Gasteiger partial charge is 0.495 e. The van der Waals surface area contributed by atoms with Crippen molar-refractivity contribution in [1.82, 2.24) is 14.5 Å². The molecule has 2 aromatic heterocycles. The fourth-order valence-corrected chi connectivity index (χ4v) is 4.47. The number of ether oxygens (including phenoxy) is 1. The van der Waals surface area contributed by atoms with Crippen molar-refractivity contribution < 1.29 is 4.74 Å². The Hall–Kier alpha value is -2.64. The molecule has 0 unspecified atom stereocenters. The highest BCUT2D eigenvalue weighted by Gasteiger charge is 2.16. The van der Waals surface area contributed by atoms with Crippen molar-refractivity contribution in [3.63, 3.8) is 0 Å². The molecular weight excluding hydrogens is 378 g/mol. The average Bonchev–Trinajstić information content (AvgIpc) is 3.12. The Balaban J connectivity index is 1.89. The molecule has 0 aliphatic heterocycles. The molecule has 27 heavy (non-hydrogen) atoms. The van der Waals surface area contributed by atoms with Crippen LogP contribution in [0.1, 0.15) is 10.7 Å². The minimum Gasteiger partial charge on any atom is -0.495 e. The van der Waals surface area contributed by atoms with Gasteiger partial charge in [0.25, 0.3) is 5.56 Å². The molecule has 0 aliphatic rings. The summed E-state index contributed by atoms with van der Waals surface area (Å²) in [5, 5.41) is 4.26. The van der Waals surface area contributed by atoms with Crippen LogP contribution in [0.3, 0.4) is 0 Å². The predicted molar refractivity (Wildman–Crippen MR) is 110 cm³/mol. The highest BCUT2D eigenvalue weighted by Crippen LogP contribution is 2.28. The van der Waals surface area contributed by atoms with Crippen LogP contribution < -0.4 is 10.3 Å². The van der Waals surface area contributed by atoms with Gasteiger partial charge < -0.3 is 4.74 Å². The van der Waals surface area contributed by atoms with Crippen LogP contribution in [-0.2, 0) is 5.75 Å². The third-order valence-electron chi connectivity index (χ3n) is 4.09. The number of nitrogens with zero attached hydrogens (tertiary/aromatic N) is 3. The zero-order chi connectivity index (χ0) is 18.8. The van der Waals surface area contributed by atoms with Gasteiger partial charge in [0.2, 0.25) is 0 Å². The summed E-state index contributed by atoms with van der Waals surface area (Å²) in [7, 11) is 1.60. The average molecular weight is 396 g/mol. The molecular formula is C20H17N3O2S2. The van der Waals surface area contributed by atoms with E-state index < -0.39 is 0 Å². The molecule has 0 aliphatic carbocycles. The molecule has 0 saturated carbocycles. The van der Waals surface area contributed by atoms with E-state index in [9.17, 15) is 4.79 Å². The smallest absolute Gasteiger partial charge is 0.266 e. The fourth-order valence-electron chi connectivity index (χ4n) is 2.85. The molecule has 4 aromatic rings. The molecule has 0 bridgehead atoms. The standard InChI is InChI=1S/C20H17N3O2S2/c1-13-21-14(11-26-13)12-27-20-22-16-8-4-3-7-15(16)19(24)23(20)17-9-5-6-10-18(17)25-2/h3-11H,12H2,1-2H3. The van der Waals surface area contributed by atoms with Gasteiger partial charge in [-0.2, -0.15) is 0 Å². The summed E-state index contributed by atoms with van der Waals surface area (Å²) in [5.41, 5.74) is 2.24. The summed E-state index contributed by atoms with van der Waals surface area (Å²) >= 11 is 3.12. The Kier molecular flexibility index (Phi) is 4.96. The van der Waals surface area contributed by atoms with Crippen LogP contribution in [0, 0.1) is 6.92 Å². The van der Waals surface area contributed by atoms with E-state index in [-0.39, 0.29) is 5.56 Å². The Labute approximate surface area is 164 Å². The summed E-state index contributed by atoms with van der Waals surface area (Å²) in [5.74, 6) is 1.27. The fraction of sp³-hybridized carbons (Fsp3) is 0.150. The van der Waals surface area contributed by atoms with Crippen LogP contribution >= 0.6 is 23.1 Å². The normalized spacial score (nSPS) is 11.0. The molecule has 0 amide bonds. The molecule has 7 heteroatoms. The van der Waals surface area contributed by atoms with Crippen molar-refractivity contribution in [1.29, 1.82) is 0 Å². The molecule has 2 aromatic carbocycles. The second-order valence-corrected chi connectivity index (χ2v) is 7.88. The van der Waals surface area contributed by atoms with Crippen molar-refractivity contribution in [2.24, 2.45) is 0 Å². The summed E-state index contributed by atoms with van der Waals surface area (Å²) in [6.45, 7) is 1.98. The number of hydrogen-bond donors (Lipinski definition) is 0. The molecule has 5 nitrogen and oxygen atoms in total. The predicted octanol–water partition coefficient (Wildman–Crippen LogP) is 4.45. The first-order chi connectivity index (χ1) is 13.2. The molecule has 0 atom stereocenters. The van der Waals surface area contributed by atoms with Crippen LogP contribution in [0.2, 0.25) is 0 Å². The summed E-state index contributed by atoms with van der Waals surface area (Å²) in [4.78, 5) is 22.5. The molecule has 4 rings (SSSR count). The van der Waals surface area contributed by atoms with Gasteiger partial charge in [-0.1, -0.05) is 36.0 Å². The van der Waals surface area contributed by atoms with E-state index in [2.05, 4.69) is 4.98 Å². The minimum absolute atomic E-state index is 0.109. The lowest BCUT2D eigenvalue weighted by atomic mass is 10.2. The molecule has 136 valence electrons. The lowest BCUT2D eigenvalue weighted by Crippen LogP contribution is -2.22. The first-order valence-electron chi connectivity index (χ1n) is 8.36. The monoisotopic (exact) mass is 395 g/mol. The number of aryl methyl sites for hydroxylation is 1. The van der Waals surface area contributed by atoms with Gasteiger partial charge in [0.15, 0.2) is 5.16 Å². The number of thioether (sulfide) groups is 1. The Morgan fingerprint density at radius 3 is 2.67 bits per heavy atom. The number of benzene rings is 2. The number of aromatic nitrogens is 3. The van der Waals surface area contributed by atoms with Crippen LogP contribution in [0.25, 0.3) is 16.6 Å². The van der Waals surface area contributed by atoms with Gasteiger partial charge in [-0.25, -0.2) is 9.97 Å². The third-order valence-corrected chi connectivity index (χ3v) is 5.88. The van der Waals surface area contributed by atoms with Crippen molar-refractivity contribution in [3.8, 4) is 11.4 Å². The highest BCUT2D eigenvalue weighted by atomic mass is 32.2. The van der Waals surface area contributed by atoms with Crippen molar-refractivity contribution in [2.75, 3.05) is 7.11 Å². The number of methoxy groups -OCH3 is 1. The van der Waals surface area contributed by atoms with Gasteiger partial charge in [-0.15, -0.1) is 11.3 Å². The lowest BCUT2D eigenvalue weighted by Gasteiger charge is -2.15. The van der Waals surface area contributed by atoms with E-state index in [1.807, 2.05) is 54.8 Å². The van der Waals surface area contributed by atoms with Crippen LogP contribution in [-0.4, -0.2) is 21.6 Å². The third kappa shape index (κ3) is 3.48. The van der Waals surface area contributed by atoms with Gasteiger partial charge in [0.05, 0.1) is 34.4 Å².